The molecule has 0 bridgehead atoms. The number of aryl methyl sites for hydroxylation is 1. The Morgan fingerprint density at radius 3 is 2.36 bits per heavy atom. The fourth-order valence-electron chi connectivity index (χ4n) is 4.16. The van der Waals surface area contributed by atoms with Gasteiger partial charge in [-0.25, -0.2) is 9.80 Å². The van der Waals surface area contributed by atoms with E-state index in [1.165, 1.54) is 11.1 Å². The van der Waals surface area contributed by atoms with Crippen molar-refractivity contribution in [2.24, 2.45) is 0 Å². The third-order valence-corrected chi connectivity index (χ3v) is 5.94. The smallest absolute Gasteiger partial charge is 0.439 e. The number of esters is 1. The lowest BCUT2D eigenvalue weighted by atomic mass is 10.1. The van der Waals surface area contributed by atoms with Crippen LogP contribution in [0.25, 0.3) is 11.4 Å². The van der Waals surface area contributed by atoms with Crippen molar-refractivity contribution in [3.05, 3.63) is 69.7 Å². The summed E-state index contributed by atoms with van der Waals surface area (Å²) in [6.45, 7) is 8.37. The molecular formula is C26H31N5O5. The number of hydrogen-bond acceptors (Lipinski definition) is 8. The van der Waals surface area contributed by atoms with Gasteiger partial charge in [0, 0.05) is 31.4 Å². The van der Waals surface area contributed by atoms with Gasteiger partial charge in [0.1, 0.15) is 12.1 Å². The molecule has 4 rings (SSSR count). The Hall–Kier alpha value is -3.92. The molecule has 0 saturated carbocycles. The first-order valence-corrected chi connectivity index (χ1v) is 11.7. The molecule has 36 heavy (non-hydrogen) atoms. The Labute approximate surface area is 209 Å². The highest BCUT2D eigenvalue weighted by Gasteiger charge is 2.28. The maximum absolute atomic E-state index is 13.4. The van der Waals surface area contributed by atoms with E-state index in [0.717, 1.165) is 5.56 Å². The lowest BCUT2D eigenvalue weighted by Crippen LogP contribution is -2.47. The van der Waals surface area contributed by atoms with E-state index in [1.807, 2.05) is 30.1 Å². The third kappa shape index (κ3) is 5.83. The predicted octanol–water partition coefficient (Wildman–Crippen LogP) is 2.88. The maximum Gasteiger partial charge on any atom is 0.439 e. The SMILES string of the molecule is Cc1ccc(-c2noc(=O)[nH]2)cc1N(CC(=O)OC(C)(C)C)CC(=O)N(C)N1Cc2ccccc2C1. The Bertz CT molecular complexity index is 1300. The molecule has 1 aliphatic heterocycles. The zero-order valence-corrected chi connectivity index (χ0v) is 21.2. The number of aromatic nitrogens is 2. The van der Waals surface area contributed by atoms with Crippen LogP contribution in [0.3, 0.4) is 0 Å². The van der Waals surface area contributed by atoms with Crippen LogP contribution in [0.2, 0.25) is 0 Å². The number of carbonyl (C=O) groups is 2. The molecule has 1 aromatic heterocycles. The average molecular weight is 494 g/mol. The van der Waals surface area contributed by atoms with Gasteiger partial charge >= 0.3 is 11.7 Å². The van der Waals surface area contributed by atoms with E-state index >= 15 is 0 Å². The molecule has 1 amide bonds. The number of H-pyrrole nitrogens is 1. The summed E-state index contributed by atoms with van der Waals surface area (Å²) in [5.74, 6) is -1.03. The Balaban J connectivity index is 1.59. The number of fused-ring (bicyclic) bond motifs is 1. The summed E-state index contributed by atoms with van der Waals surface area (Å²) >= 11 is 0. The molecule has 0 aliphatic carbocycles. The molecule has 0 unspecified atom stereocenters. The van der Waals surface area contributed by atoms with E-state index < -0.39 is 17.3 Å². The average Bonchev–Trinajstić information content (AvgIpc) is 3.43. The molecule has 0 saturated heterocycles. The number of nitrogens with zero attached hydrogens (tertiary/aromatic N) is 4. The molecule has 0 atom stereocenters. The van der Waals surface area contributed by atoms with Gasteiger partial charge in [0.15, 0.2) is 5.82 Å². The number of hydrazine groups is 1. The number of amides is 1. The fourth-order valence-corrected chi connectivity index (χ4v) is 4.16. The van der Waals surface area contributed by atoms with Crippen LogP contribution in [0.4, 0.5) is 5.69 Å². The summed E-state index contributed by atoms with van der Waals surface area (Å²) in [6.07, 6.45) is 0. The molecule has 10 nitrogen and oxygen atoms in total. The zero-order chi connectivity index (χ0) is 26.0. The van der Waals surface area contributed by atoms with E-state index in [9.17, 15) is 14.4 Å². The molecule has 190 valence electrons. The van der Waals surface area contributed by atoms with Crippen LogP contribution in [-0.4, -0.2) is 57.8 Å². The number of likely N-dealkylation sites (N-methyl/N-ethyl adjacent to an activating group) is 1. The predicted molar refractivity (Wildman–Crippen MR) is 134 cm³/mol. The Morgan fingerprint density at radius 2 is 1.78 bits per heavy atom. The van der Waals surface area contributed by atoms with Gasteiger partial charge in [0.25, 0.3) is 5.91 Å². The molecule has 1 N–H and O–H groups in total. The topological polar surface area (TPSA) is 112 Å². The van der Waals surface area contributed by atoms with Crippen LogP contribution in [-0.2, 0) is 27.4 Å². The van der Waals surface area contributed by atoms with Gasteiger partial charge in [-0.3, -0.25) is 24.1 Å². The Kier molecular flexibility index (Phi) is 6.98. The van der Waals surface area contributed by atoms with E-state index in [0.29, 0.717) is 24.3 Å². The quantitative estimate of drug-likeness (QED) is 0.500. The standard InChI is InChI=1S/C26H31N5O5/c1-17-10-11-18(24-27-25(34)36-28-24)12-21(17)30(16-23(33)35-26(2,3)4)15-22(32)29(5)31-13-19-8-6-7-9-20(19)14-31/h6-12H,13-16H2,1-5H3,(H,27,28,34). The van der Waals surface area contributed by atoms with Crippen LogP contribution < -0.4 is 10.7 Å². The maximum atomic E-state index is 13.4. The van der Waals surface area contributed by atoms with Gasteiger partial charge in [-0.2, -0.15) is 0 Å². The molecule has 2 heterocycles. The first-order valence-electron chi connectivity index (χ1n) is 11.7. The van der Waals surface area contributed by atoms with E-state index in [-0.39, 0.29) is 24.8 Å². The number of anilines is 1. The minimum atomic E-state index is -0.666. The van der Waals surface area contributed by atoms with Crippen molar-refractivity contribution in [2.75, 3.05) is 25.0 Å². The second-order valence-electron chi connectivity index (χ2n) is 9.90. The van der Waals surface area contributed by atoms with Crippen LogP contribution in [0, 0.1) is 6.92 Å². The second-order valence-corrected chi connectivity index (χ2v) is 9.90. The van der Waals surface area contributed by atoms with Crippen molar-refractivity contribution in [3.63, 3.8) is 0 Å². The van der Waals surface area contributed by atoms with Crippen LogP contribution >= 0.6 is 0 Å². The monoisotopic (exact) mass is 493 g/mol. The number of ether oxygens (including phenoxy) is 1. The van der Waals surface area contributed by atoms with Gasteiger partial charge in [-0.1, -0.05) is 41.6 Å². The van der Waals surface area contributed by atoms with Crippen molar-refractivity contribution in [2.45, 2.75) is 46.4 Å². The number of carbonyl (C=O) groups excluding carboxylic acids is 2. The highest BCUT2D eigenvalue weighted by molar-refractivity contribution is 5.85. The fraction of sp³-hybridized carbons (Fsp3) is 0.385. The lowest BCUT2D eigenvalue weighted by Gasteiger charge is -2.32. The second kappa shape index (κ2) is 9.98. The number of rotatable bonds is 7. The molecule has 0 radical (unpaired) electrons. The molecule has 2 aromatic carbocycles. The summed E-state index contributed by atoms with van der Waals surface area (Å²) in [4.78, 5) is 41.9. The molecule has 10 heteroatoms. The van der Waals surface area contributed by atoms with Crippen molar-refractivity contribution in [1.82, 2.24) is 20.2 Å². The lowest BCUT2D eigenvalue weighted by molar-refractivity contribution is -0.153. The zero-order valence-electron chi connectivity index (χ0n) is 21.2. The van der Waals surface area contributed by atoms with E-state index in [2.05, 4.69) is 26.8 Å². The summed E-state index contributed by atoms with van der Waals surface area (Å²) in [5.41, 5.74) is 3.79. The summed E-state index contributed by atoms with van der Waals surface area (Å²) in [7, 11) is 1.74. The first kappa shape index (κ1) is 25.2. The van der Waals surface area contributed by atoms with E-state index in [1.54, 1.807) is 49.9 Å². The molecule has 0 spiro atoms. The van der Waals surface area contributed by atoms with Gasteiger partial charge in [0.2, 0.25) is 0 Å². The normalized spacial score (nSPS) is 13.4. The Morgan fingerprint density at radius 1 is 1.11 bits per heavy atom. The summed E-state index contributed by atoms with van der Waals surface area (Å²) < 4.78 is 10.2. The van der Waals surface area contributed by atoms with Crippen molar-refractivity contribution in [1.29, 1.82) is 0 Å². The van der Waals surface area contributed by atoms with Gasteiger partial charge in [-0.05, 0) is 50.5 Å². The summed E-state index contributed by atoms with van der Waals surface area (Å²) in [6, 6.07) is 13.5. The molecule has 1 aliphatic rings. The minimum absolute atomic E-state index is 0.0534. The number of benzene rings is 2. The highest BCUT2D eigenvalue weighted by atomic mass is 16.6. The number of hydrogen-bond donors (Lipinski definition) is 1. The molecule has 0 fully saturated rings. The van der Waals surface area contributed by atoms with Gasteiger partial charge < -0.3 is 9.64 Å². The summed E-state index contributed by atoms with van der Waals surface area (Å²) in [5, 5.41) is 7.33. The number of nitrogens with one attached hydrogen (secondary N) is 1. The molecular weight excluding hydrogens is 462 g/mol. The highest BCUT2D eigenvalue weighted by Crippen LogP contribution is 2.27. The first-order chi connectivity index (χ1) is 17.0. The van der Waals surface area contributed by atoms with E-state index in [4.69, 9.17) is 4.74 Å². The minimum Gasteiger partial charge on any atom is -0.459 e. The van der Waals surface area contributed by atoms with Crippen LogP contribution in [0.1, 0.15) is 37.5 Å². The largest absolute Gasteiger partial charge is 0.459 e. The van der Waals surface area contributed by atoms with Crippen molar-refractivity contribution < 1.29 is 18.8 Å². The van der Waals surface area contributed by atoms with Crippen molar-refractivity contribution in [3.8, 4) is 11.4 Å². The van der Waals surface area contributed by atoms with Crippen LogP contribution in [0.15, 0.2) is 51.8 Å². The van der Waals surface area contributed by atoms with Crippen LogP contribution in [0.5, 0.6) is 0 Å². The third-order valence-electron chi connectivity index (χ3n) is 5.94. The molecule has 3 aromatic rings. The van der Waals surface area contributed by atoms with Gasteiger partial charge in [0.05, 0.1) is 6.54 Å². The van der Waals surface area contributed by atoms with Crippen molar-refractivity contribution >= 4 is 17.6 Å². The number of aromatic amines is 1. The van der Waals surface area contributed by atoms with Gasteiger partial charge in [-0.15, -0.1) is 0 Å².